The van der Waals surface area contributed by atoms with E-state index in [1.807, 2.05) is 49.4 Å². The molecule has 0 atom stereocenters. The molecule has 0 unspecified atom stereocenters. The van der Waals surface area contributed by atoms with Gasteiger partial charge < -0.3 is 5.32 Å². The Morgan fingerprint density at radius 3 is 2.60 bits per heavy atom. The number of nitrogens with zero attached hydrogens (tertiary/aromatic N) is 2. The van der Waals surface area contributed by atoms with Crippen molar-refractivity contribution >= 4 is 28.6 Å². The van der Waals surface area contributed by atoms with Crippen molar-refractivity contribution in [2.45, 2.75) is 44.2 Å². The first-order valence-corrected chi connectivity index (χ1v) is 11.6. The molecule has 1 aliphatic carbocycles. The van der Waals surface area contributed by atoms with Gasteiger partial charge in [-0.1, -0.05) is 60.9 Å². The fraction of sp³-hybridized carbons (Fsp3) is 0.375. The van der Waals surface area contributed by atoms with E-state index in [-0.39, 0.29) is 17.2 Å². The van der Waals surface area contributed by atoms with Crippen molar-refractivity contribution in [1.29, 1.82) is 0 Å². The van der Waals surface area contributed by atoms with E-state index in [9.17, 15) is 9.59 Å². The van der Waals surface area contributed by atoms with Gasteiger partial charge in [-0.2, -0.15) is 0 Å². The molecule has 0 radical (unpaired) electrons. The minimum atomic E-state index is -0.116. The van der Waals surface area contributed by atoms with Crippen LogP contribution in [0.1, 0.15) is 37.7 Å². The van der Waals surface area contributed by atoms with Gasteiger partial charge in [0.05, 0.1) is 22.3 Å². The summed E-state index contributed by atoms with van der Waals surface area (Å²) in [5.74, 6) is 0.823. The Morgan fingerprint density at radius 2 is 1.83 bits per heavy atom. The minimum Gasteiger partial charge on any atom is -0.355 e. The third-order valence-corrected chi connectivity index (χ3v) is 6.62. The zero-order valence-electron chi connectivity index (χ0n) is 17.3. The molecule has 1 aromatic heterocycles. The molecule has 0 aliphatic heterocycles. The van der Waals surface area contributed by atoms with E-state index in [1.54, 1.807) is 10.6 Å². The van der Waals surface area contributed by atoms with Crippen LogP contribution in [-0.2, 0) is 4.79 Å². The summed E-state index contributed by atoms with van der Waals surface area (Å²) in [6.45, 7) is 2.76. The van der Waals surface area contributed by atoms with Gasteiger partial charge in [0, 0.05) is 6.54 Å². The SMILES string of the molecule is Cc1ccc(-n2c(SCC(=O)NCC3CCCCC3)nc3ccccc3c2=O)cc1. The minimum absolute atomic E-state index is 0.0107. The standard InChI is InChI=1S/C24H27N3O2S/c1-17-11-13-19(14-12-17)27-23(29)20-9-5-6-10-21(20)26-24(27)30-16-22(28)25-15-18-7-3-2-4-8-18/h5-6,9-14,18H,2-4,7-8,15-16H2,1H3,(H,25,28). The monoisotopic (exact) mass is 421 g/mol. The molecule has 1 fully saturated rings. The number of amides is 1. The smallest absolute Gasteiger partial charge is 0.266 e. The zero-order chi connectivity index (χ0) is 20.9. The molecular weight excluding hydrogens is 394 g/mol. The van der Waals surface area contributed by atoms with E-state index in [1.165, 1.54) is 43.9 Å². The average Bonchev–Trinajstić information content (AvgIpc) is 2.78. The summed E-state index contributed by atoms with van der Waals surface area (Å²) in [4.78, 5) is 30.4. The van der Waals surface area contributed by atoms with Crippen LogP contribution in [0, 0.1) is 12.8 Å². The van der Waals surface area contributed by atoms with Crippen molar-refractivity contribution < 1.29 is 4.79 Å². The quantitative estimate of drug-likeness (QED) is 0.471. The molecule has 30 heavy (non-hydrogen) atoms. The Kier molecular flexibility index (Phi) is 6.53. The topological polar surface area (TPSA) is 64.0 Å². The second kappa shape index (κ2) is 9.47. The normalized spacial score (nSPS) is 14.7. The van der Waals surface area contributed by atoms with Crippen LogP contribution in [0.25, 0.3) is 16.6 Å². The number of nitrogens with one attached hydrogen (secondary N) is 1. The number of hydrogen-bond donors (Lipinski definition) is 1. The number of hydrogen-bond acceptors (Lipinski definition) is 4. The first-order chi connectivity index (χ1) is 14.6. The molecule has 1 aliphatic rings. The highest BCUT2D eigenvalue weighted by atomic mass is 32.2. The largest absolute Gasteiger partial charge is 0.355 e. The maximum Gasteiger partial charge on any atom is 0.266 e. The number of aryl methyl sites for hydroxylation is 1. The van der Waals surface area contributed by atoms with Crippen LogP contribution >= 0.6 is 11.8 Å². The van der Waals surface area contributed by atoms with Crippen LogP contribution in [0.5, 0.6) is 0 Å². The predicted octanol–water partition coefficient (Wildman–Crippen LogP) is 4.48. The number of thioether (sulfide) groups is 1. The lowest BCUT2D eigenvalue weighted by Gasteiger charge is -2.21. The number of carbonyl (C=O) groups is 1. The molecule has 1 saturated carbocycles. The summed E-state index contributed by atoms with van der Waals surface area (Å²) < 4.78 is 1.61. The zero-order valence-corrected chi connectivity index (χ0v) is 18.1. The molecule has 0 saturated heterocycles. The van der Waals surface area contributed by atoms with Crippen molar-refractivity contribution in [3.63, 3.8) is 0 Å². The highest BCUT2D eigenvalue weighted by molar-refractivity contribution is 7.99. The molecule has 6 heteroatoms. The Morgan fingerprint density at radius 1 is 1.10 bits per heavy atom. The summed E-state index contributed by atoms with van der Waals surface area (Å²) in [5.41, 5.74) is 2.41. The first-order valence-electron chi connectivity index (χ1n) is 10.6. The van der Waals surface area contributed by atoms with E-state index in [0.29, 0.717) is 22.0 Å². The van der Waals surface area contributed by atoms with Crippen molar-refractivity contribution in [2.75, 3.05) is 12.3 Å². The number of fused-ring (bicyclic) bond motifs is 1. The number of rotatable bonds is 6. The third kappa shape index (κ3) is 4.75. The summed E-state index contributed by atoms with van der Waals surface area (Å²) in [5, 5.41) is 4.18. The highest BCUT2D eigenvalue weighted by Crippen LogP contribution is 2.24. The average molecular weight is 422 g/mol. The molecule has 1 amide bonds. The van der Waals surface area contributed by atoms with Crippen molar-refractivity contribution in [2.24, 2.45) is 5.92 Å². The molecule has 156 valence electrons. The van der Waals surface area contributed by atoms with Crippen LogP contribution in [0.3, 0.4) is 0 Å². The van der Waals surface area contributed by atoms with E-state index >= 15 is 0 Å². The summed E-state index contributed by atoms with van der Waals surface area (Å²) in [6.07, 6.45) is 6.24. The van der Waals surface area contributed by atoms with Crippen LogP contribution in [-0.4, -0.2) is 27.8 Å². The van der Waals surface area contributed by atoms with Gasteiger partial charge in [0.2, 0.25) is 5.91 Å². The Hall–Kier alpha value is -2.60. The molecule has 0 bridgehead atoms. The lowest BCUT2D eigenvalue weighted by atomic mass is 9.89. The summed E-state index contributed by atoms with van der Waals surface area (Å²) in [6, 6.07) is 15.1. The van der Waals surface area contributed by atoms with Gasteiger partial charge in [-0.25, -0.2) is 4.98 Å². The highest BCUT2D eigenvalue weighted by Gasteiger charge is 2.17. The van der Waals surface area contributed by atoms with E-state index in [4.69, 9.17) is 4.98 Å². The van der Waals surface area contributed by atoms with Crippen LogP contribution in [0.2, 0.25) is 0 Å². The van der Waals surface area contributed by atoms with Gasteiger partial charge in [-0.3, -0.25) is 14.2 Å². The molecule has 4 rings (SSSR count). The van der Waals surface area contributed by atoms with Crippen LogP contribution < -0.4 is 10.9 Å². The fourth-order valence-electron chi connectivity index (χ4n) is 3.96. The van der Waals surface area contributed by atoms with Gasteiger partial charge in [0.25, 0.3) is 5.56 Å². The summed E-state index contributed by atoms with van der Waals surface area (Å²) in [7, 11) is 0. The molecule has 3 aromatic rings. The predicted molar refractivity (Wildman–Crippen MR) is 122 cm³/mol. The molecule has 1 N–H and O–H groups in total. The molecular formula is C24H27N3O2S. The van der Waals surface area contributed by atoms with Gasteiger partial charge in [-0.15, -0.1) is 0 Å². The number of para-hydroxylation sites is 1. The molecule has 5 nitrogen and oxygen atoms in total. The van der Waals surface area contributed by atoms with E-state index in [2.05, 4.69) is 5.32 Å². The van der Waals surface area contributed by atoms with Crippen LogP contribution in [0.15, 0.2) is 58.5 Å². The van der Waals surface area contributed by atoms with Crippen molar-refractivity contribution in [3.05, 3.63) is 64.4 Å². The van der Waals surface area contributed by atoms with E-state index < -0.39 is 0 Å². The number of carbonyl (C=O) groups excluding carboxylic acids is 1. The number of benzene rings is 2. The van der Waals surface area contributed by atoms with Gasteiger partial charge in [-0.05, 0) is 49.9 Å². The third-order valence-electron chi connectivity index (χ3n) is 5.68. The summed E-state index contributed by atoms with van der Waals surface area (Å²) >= 11 is 1.31. The maximum absolute atomic E-state index is 13.2. The van der Waals surface area contributed by atoms with Gasteiger partial charge >= 0.3 is 0 Å². The van der Waals surface area contributed by atoms with Crippen molar-refractivity contribution in [1.82, 2.24) is 14.9 Å². The van der Waals surface area contributed by atoms with Crippen molar-refractivity contribution in [3.8, 4) is 5.69 Å². The molecule has 1 heterocycles. The first kappa shape index (κ1) is 20.7. The van der Waals surface area contributed by atoms with Gasteiger partial charge in [0.1, 0.15) is 0 Å². The lowest BCUT2D eigenvalue weighted by Crippen LogP contribution is -2.31. The molecule has 2 aromatic carbocycles. The number of aromatic nitrogens is 2. The fourth-order valence-corrected chi connectivity index (χ4v) is 4.80. The second-order valence-electron chi connectivity index (χ2n) is 7.98. The van der Waals surface area contributed by atoms with Crippen LogP contribution in [0.4, 0.5) is 0 Å². The van der Waals surface area contributed by atoms with Gasteiger partial charge in [0.15, 0.2) is 5.16 Å². The Labute approximate surface area is 180 Å². The lowest BCUT2D eigenvalue weighted by molar-refractivity contribution is -0.118. The molecule has 0 spiro atoms. The Bertz CT molecular complexity index is 1090. The van der Waals surface area contributed by atoms with E-state index in [0.717, 1.165) is 17.8 Å². The second-order valence-corrected chi connectivity index (χ2v) is 8.93. The Balaban J connectivity index is 1.56. The maximum atomic E-state index is 13.2.